The Bertz CT molecular complexity index is 1170. The second-order valence-corrected chi connectivity index (χ2v) is 11.3. The van der Waals surface area contributed by atoms with Gasteiger partial charge in [-0.05, 0) is 54.5 Å². The molecule has 2 aromatic rings. The number of benzene rings is 2. The van der Waals surface area contributed by atoms with E-state index in [4.69, 9.17) is 27.9 Å². The third kappa shape index (κ3) is 6.71. The van der Waals surface area contributed by atoms with Crippen molar-refractivity contribution in [3.05, 3.63) is 45.4 Å². The van der Waals surface area contributed by atoms with Crippen LogP contribution in [0.4, 0.5) is 11.4 Å². The summed E-state index contributed by atoms with van der Waals surface area (Å²) in [4.78, 5) is 13.0. The Hall–Kier alpha value is -2.16. The standard InChI is InChI=1S/C24H32Cl2N2O5S/c1-7-15-17(25)13-18(22(29)21(15)26)27-23(30)19(8-2)33-20-11-10-14(28-34(6,31)32)12-16(20)24(4,5)9-3/h10-13,19,28-29H,7-9H2,1-6H3,(H,27,30). The molecule has 0 saturated carbocycles. The van der Waals surface area contributed by atoms with Gasteiger partial charge in [-0.2, -0.15) is 0 Å². The van der Waals surface area contributed by atoms with Gasteiger partial charge in [0, 0.05) is 16.3 Å². The van der Waals surface area contributed by atoms with Crippen molar-refractivity contribution in [3.8, 4) is 11.5 Å². The summed E-state index contributed by atoms with van der Waals surface area (Å²) in [6, 6.07) is 6.42. The van der Waals surface area contributed by atoms with Gasteiger partial charge >= 0.3 is 0 Å². The number of carbonyl (C=O) groups excluding carboxylic acids is 1. The molecular weight excluding hydrogens is 499 g/mol. The average molecular weight is 532 g/mol. The Morgan fingerprint density at radius 2 is 1.82 bits per heavy atom. The van der Waals surface area contributed by atoms with Crippen LogP contribution in [-0.4, -0.2) is 31.8 Å². The molecule has 0 heterocycles. The van der Waals surface area contributed by atoms with E-state index in [-0.39, 0.29) is 21.9 Å². The Morgan fingerprint density at radius 1 is 1.18 bits per heavy atom. The van der Waals surface area contributed by atoms with E-state index in [1.54, 1.807) is 25.1 Å². The summed E-state index contributed by atoms with van der Waals surface area (Å²) in [6.45, 7) is 9.70. The molecule has 0 aliphatic heterocycles. The quantitative estimate of drug-likeness (QED) is 0.321. The van der Waals surface area contributed by atoms with Crippen molar-refractivity contribution in [1.29, 1.82) is 0 Å². The molecule has 1 amide bonds. The summed E-state index contributed by atoms with van der Waals surface area (Å²) in [5.74, 6) is -0.266. The Labute approximate surface area is 211 Å². The fourth-order valence-electron chi connectivity index (χ4n) is 3.39. The molecule has 3 N–H and O–H groups in total. The summed E-state index contributed by atoms with van der Waals surface area (Å²) < 4.78 is 32.0. The van der Waals surface area contributed by atoms with Crippen molar-refractivity contribution in [2.75, 3.05) is 16.3 Å². The van der Waals surface area contributed by atoms with Crippen LogP contribution in [0, 0.1) is 0 Å². The van der Waals surface area contributed by atoms with Crippen molar-refractivity contribution in [2.45, 2.75) is 65.4 Å². The number of hydrogen-bond donors (Lipinski definition) is 3. The third-order valence-corrected chi connectivity index (χ3v) is 7.08. The van der Waals surface area contributed by atoms with Gasteiger partial charge in [0.1, 0.15) is 5.75 Å². The molecule has 1 atom stereocenters. The first-order valence-electron chi connectivity index (χ1n) is 11.0. The van der Waals surface area contributed by atoms with Crippen molar-refractivity contribution in [2.24, 2.45) is 0 Å². The van der Waals surface area contributed by atoms with Crippen LogP contribution in [0.15, 0.2) is 24.3 Å². The topological polar surface area (TPSA) is 105 Å². The molecule has 0 aliphatic carbocycles. The molecule has 0 aromatic heterocycles. The Kier molecular flexibility index (Phi) is 9.13. The number of rotatable bonds is 10. The maximum atomic E-state index is 13.0. The Balaban J connectivity index is 2.38. The minimum atomic E-state index is -3.45. The van der Waals surface area contributed by atoms with Crippen LogP contribution < -0.4 is 14.8 Å². The lowest BCUT2D eigenvalue weighted by atomic mass is 9.81. The van der Waals surface area contributed by atoms with Crippen LogP contribution in [-0.2, 0) is 26.7 Å². The molecule has 1 unspecified atom stereocenters. The van der Waals surface area contributed by atoms with E-state index in [0.717, 1.165) is 18.2 Å². The molecule has 0 radical (unpaired) electrons. The third-order valence-electron chi connectivity index (χ3n) is 5.73. The van der Waals surface area contributed by atoms with Crippen LogP contribution in [0.2, 0.25) is 10.0 Å². The number of ether oxygens (including phenoxy) is 1. The number of aromatic hydroxyl groups is 1. The van der Waals surface area contributed by atoms with Crippen molar-refractivity contribution >= 4 is 50.5 Å². The highest BCUT2D eigenvalue weighted by Crippen LogP contribution is 2.40. The summed E-state index contributed by atoms with van der Waals surface area (Å²) in [5, 5.41) is 13.5. The van der Waals surface area contributed by atoms with Crippen molar-refractivity contribution in [3.63, 3.8) is 0 Å². The van der Waals surface area contributed by atoms with E-state index >= 15 is 0 Å². The lowest BCUT2D eigenvalue weighted by Crippen LogP contribution is -2.33. The van der Waals surface area contributed by atoms with E-state index in [2.05, 4.69) is 10.0 Å². The number of amides is 1. The number of halogens is 2. The molecule has 7 nitrogen and oxygen atoms in total. The highest BCUT2D eigenvalue weighted by molar-refractivity contribution is 7.92. The smallest absolute Gasteiger partial charge is 0.265 e. The molecule has 0 saturated heterocycles. The van der Waals surface area contributed by atoms with Gasteiger partial charge in [-0.1, -0.05) is 57.8 Å². The van der Waals surface area contributed by atoms with E-state index in [9.17, 15) is 18.3 Å². The number of anilines is 2. The van der Waals surface area contributed by atoms with Gasteiger partial charge in [-0.3, -0.25) is 9.52 Å². The average Bonchev–Trinajstić information content (AvgIpc) is 2.75. The molecule has 2 aromatic carbocycles. The largest absolute Gasteiger partial charge is 0.504 e. The van der Waals surface area contributed by atoms with E-state index in [1.165, 1.54) is 6.07 Å². The molecule has 0 fully saturated rings. The van der Waals surface area contributed by atoms with Crippen LogP contribution >= 0.6 is 23.2 Å². The van der Waals surface area contributed by atoms with Gasteiger partial charge in [0.25, 0.3) is 5.91 Å². The van der Waals surface area contributed by atoms with Gasteiger partial charge in [-0.25, -0.2) is 8.42 Å². The minimum absolute atomic E-state index is 0.0974. The molecule has 34 heavy (non-hydrogen) atoms. The lowest BCUT2D eigenvalue weighted by Gasteiger charge is -2.28. The van der Waals surface area contributed by atoms with Crippen LogP contribution in [0.5, 0.6) is 11.5 Å². The molecule has 2 rings (SSSR count). The Morgan fingerprint density at radius 3 is 2.35 bits per heavy atom. The predicted octanol–water partition coefficient (Wildman–Crippen LogP) is 6.12. The number of sulfonamides is 1. The highest BCUT2D eigenvalue weighted by atomic mass is 35.5. The van der Waals surface area contributed by atoms with Crippen LogP contribution in [0.3, 0.4) is 0 Å². The number of phenolic OH excluding ortho intramolecular Hbond substituents is 1. The van der Waals surface area contributed by atoms with Gasteiger partial charge in [0.2, 0.25) is 10.0 Å². The number of nitrogens with one attached hydrogen (secondary N) is 2. The second-order valence-electron chi connectivity index (χ2n) is 8.73. The minimum Gasteiger partial charge on any atom is -0.504 e. The SMILES string of the molecule is CCc1c(Cl)cc(NC(=O)C(CC)Oc2ccc(NS(C)(=O)=O)cc2C(C)(C)CC)c(O)c1Cl. The first kappa shape index (κ1) is 28.1. The van der Waals surface area contributed by atoms with Gasteiger partial charge in [0.05, 0.1) is 17.0 Å². The van der Waals surface area contributed by atoms with Gasteiger partial charge < -0.3 is 15.2 Å². The zero-order valence-electron chi connectivity index (χ0n) is 20.3. The van der Waals surface area contributed by atoms with Gasteiger partial charge in [-0.15, -0.1) is 0 Å². The maximum absolute atomic E-state index is 13.0. The first-order chi connectivity index (χ1) is 15.7. The number of carbonyl (C=O) groups is 1. The summed E-state index contributed by atoms with van der Waals surface area (Å²) in [6.07, 6.45) is 1.82. The lowest BCUT2D eigenvalue weighted by molar-refractivity contribution is -0.122. The maximum Gasteiger partial charge on any atom is 0.265 e. The second kappa shape index (κ2) is 11.1. The number of hydrogen-bond acceptors (Lipinski definition) is 5. The van der Waals surface area contributed by atoms with E-state index in [0.29, 0.717) is 34.9 Å². The normalized spacial score (nSPS) is 12.8. The number of phenols is 1. The van der Waals surface area contributed by atoms with Crippen molar-refractivity contribution < 1.29 is 23.1 Å². The zero-order valence-corrected chi connectivity index (χ0v) is 22.6. The van der Waals surface area contributed by atoms with Crippen molar-refractivity contribution in [1.82, 2.24) is 0 Å². The fourth-order valence-corrected chi connectivity index (χ4v) is 4.66. The van der Waals surface area contributed by atoms with E-state index < -0.39 is 22.0 Å². The highest BCUT2D eigenvalue weighted by Gasteiger charge is 2.27. The molecule has 0 bridgehead atoms. The molecule has 0 aliphatic rings. The monoisotopic (exact) mass is 530 g/mol. The van der Waals surface area contributed by atoms with Gasteiger partial charge in [0.15, 0.2) is 11.9 Å². The molecule has 0 spiro atoms. The first-order valence-corrected chi connectivity index (χ1v) is 13.7. The zero-order chi connectivity index (χ0) is 25.8. The summed E-state index contributed by atoms with van der Waals surface area (Å²) in [5.41, 5.74) is 1.51. The van der Waals surface area contributed by atoms with Crippen LogP contribution in [0.25, 0.3) is 0 Å². The summed E-state index contributed by atoms with van der Waals surface area (Å²) in [7, 11) is -3.45. The van der Waals surface area contributed by atoms with Crippen LogP contribution in [0.1, 0.15) is 58.6 Å². The molecular formula is C24H32Cl2N2O5S. The molecule has 188 valence electrons. The molecule has 10 heteroatoms. The fraction of sp³-hybridized carbons (Fsp3) is 0.458. The predicted molar refractivity (Wildman–Crippen MR) is 139 cm³/mol. The van der Waals surface area contributed by atoms with E-state index in [1.807, 2.05) is 27.7 Å². The summed E-state index contributed by atoms with van der Waals surface area (Å²) >= 11 is 12.5.